The normalized spacial score (nSPS) is 12.4. The lowest BCUT2D eigenvalue weighted by molar-refractivity contribution is 0.567. The molecule has 1 unspecified atom stereocenters. The van der Waals surface area contributed by atoms with Crippen molar-refractivity contribution in [2.75, 3.05) is 0 Å². The molecule has 0 aromatic heterocycles. The van der Waals surface area contributed by atoms with Crippen molar-refractivity contribution in [2.24, 2.45) is 0 Å². The van der Waals surface area contributed by atoms with E-state index in [-0.39, 0.29) is 11.9 Å². The molecule has 2 aromatic carbocycles. The first-order chi connectivity index (χ1) is 9.60. The van der Waals surface area contributed by atoms with Gasteiger partial charge in [0, 0.05) is 12.6 Å². The summed E-state index contributed by atoms with van der Waals surface area (Å²) in [6, 6.07) is 13.9. The molecule has 0 radical (unpaired) electrons. The third-order valence-corrected chi connectivity index (χ3v) is 3.80. The second-order valence-corrected chi connectivity index (χ2v) is 5.27. The molecule has 2 aromatic rings. The van der Waals surface area contributed by atoms with Crippen molar-refractivity contribution in [3.63, 3.8) is 0 Å². The second-order valence-electron chi connectivity index (χ2n) is 5.27. The van der Waals surface area contributed by atoms with Crippen LogP contribution in [-0.2, 0) is 13.0 Å². The first-order valence-electron chi connectivity index (χ1n) is 7.17. The molecule has 0 aliphatic rings. The summed E-state index contributed by atoms with van der Waals surface area (Å²) in [5, 5.41) is 3.45. The highest BCUT2D eigenvalue weighted by Crippen LogP contribution is 2.16. The summed E-state index contributed by atoms with van der Waals surface area (Å²) in [7, 11) is 0. The molecular formula is C18H22FN. The Balaban J connectivity index is 2.00. The Morgan fingerprint density at radius 3 is 2.45 bits per heavy atom. The molecule has 1 nitrogen and oxygen atoms in total. The van der Waals surface area contributed by atoms with E-state index in [2.05, 4.69) is 43.4 Å². The summed E-state index contributed by atoms with van der Waals surface area (Å²) in [4.78, 5) is 0. The van der Waals surface area contributed by atoms with E-state index >= 15 is 0 Å². The number of hydrogen-bond donors (Lipinski definition) is 1. The van der Waals surface area contributed by atoms with Crippen molar-refractivity contribution in [3.05, 3.63) is 70.5 Å². The van der Waals surface area contributed by atoms with Gasteiger partial charge < -0.3 is 5.32 Å². The number of rotatable bonds is 5. The van der Waals surface area contributed by atoms with Crippen LogP contribution in [0.2, 0.25) is 0 Å². The smallest absolute Gasteiger partial charge is 0.123 e. The lowest BCUT2D eigenvalue weighted by atomic mass is 10.0. The third-order valence-electron chi connectivity index (χ3n) is 3.80. The van der Waals surface area contributed by atoms with E-state index < -0.39 is 0 Å². The fraction of sp³-hybridized carbons (Fsp3) is 0.333. The topological polar surface area (TPSA) is 12.0 Å². The van der Waals surface area contributed by atoms with Gasteiger partial charge in [-0.1, -0.05) is 37.3 Å². The van der Waals surface area contributed by atoms with Gasteiger partial charge >= 0.3 is 0 Å². The largest absolute Gasteiger partial charge is 0.306 e. The van der Waals surface area contributed by atoms with Gasteiger partial charge in [-0.3, -0.25) is 0 Å². The van der Waals surface area contributed by atoms with Crippen LogP contribution in [0.15, 0.2) is 42.5 Å². The van der Waals surface area contributed by atoms with Crippen molar-refractivity contribution >= 4 is 0 Å². The van der Waals surface area contributed by atoms with E-state index in [1.165, 1.54) is 17.2 Å². The predicted octanol–water partition coefficient (Wildman–Crippen LogP) is 4.55. The summed E-state index contributed by atoms with van der Waals surface area (Å²) in [6.07, 6.45) is 1.06. The highest BCUT2D eigenvalue weighted by atomic mass is 19.1. The molecule has 0 saturated carbocycles. The van der Waals surface area contributed by atoms with Crippen molar-refractivity contribution in [1.29, 1.82) is 0 Å². The van der Waals surface area contributed by atoms with Crippen LogP contribution in [0, 0.1) is 12.7 Å². The Morgan fingerprint density at radius 2 is 1.80 bits per heavy atom. The predicted molar refractivity (Wildman–Crippen MR) is 82.2 cm³/mol. The average Bonchev–Trinajstić information content (AvgIpc) is 2.48. The van der Waals surface area contributed by atoms with E-state index in [1.54, 1.807) is 6.07 Å². The van der Waals surface area contributed by atoms with Crippen LogP contribution < -0.4 is 5.32 Å². The summed E-state index contributed by atoms with van der Waals surface area (Å²) < 4.78 is 13.3. The molecule has 0 fully saturated rings. The maximum atomic E-state index is 13.3. The zero-order valence-electron chi connectivity index (χ0n) is 12.4. The molecule has 0 amide bonds. The summed E-state index contributed by atoms with van der Waals surface area (Å²) in [5.74, 6) is -0.174. The number of halogens is 1. The van der Waals surface area contributed by atoms with E-state index in [4.69, 9.17) is 0 Å². The minimum Gasteiger partial charge on any atom is -0.306 e. The molecule has 0 saturated heterocycles. The first kappa shape index (κ1) is 14.7. The minimum absolute atomic E-state index is 0.174. The van der Waals surface area contributed by atoms with Crippen molar-refractivity contribution < 1.29 is 4.39 Å². The van der Waals surface area contributed by atoms with Crippen molar-refractivity contribution in [2.45, 2.75) is 39.8 Å². The molecule has 1 atom stereocenters. The Bertz CT molecular complexity index is 560. The first-order valence-corrected chi connectivity index (χ1v) is 7.17. The summed E-state index contributed by atoms with van der Waals surface area (Å²) in [5.41, 5.74) is 4.74. The lowest BCUT2D eigenvalue weighted by Crippen LogP contribution is -2.18. The fourth-order valence-corrected chi connectivity index (χ4v) is 2.25. The van der Waals surface area contributed by atoms with Crippen LogP contribution in [0.3, 0.4) is 0 Å². The maximum Gasteiger partial charge on any atom is 0.123 e. The van der Waals surface area contributed by atoms with Gasteiger partial charge in [0.05, 0.1) is 0 Å². The fourth-order valence-electron chi connectivity index (χ4n) is 2.25. The van der Waals surface area contributed by atoms with Gasteiger partial charge in [-0.05, 0) is 54.7 Å². The Kier molecular flexibility index (Phi) is 4.91. The lowest BCUT2D eigenvalue weighted by Gasteiger charge is -2.16. The van der Waals surface area contributed by atoms with Crippen LogP contribution in [-0.4, -0.2) is 0 Å². The van der Waals surface area contributed by atoms with Crippen molar-refractivity contribution in [1.82, 2.24) is 5.32 Å². The van der Waals surface area contributed by atoms with Crippen LogP contribution >= 0.6 is 0 Å². The standard InChI is InChI=1S/C18H22FN/c1-4-15-6-8-16(9-7-15)14(3)20-12-17-11-18(19)10-5-13(17)2/h5-11,14,20H,4,12H2,1-3H3. The maximum absolute atomic E-state index is 13.3. The van der Waals surface area contributed by atoms with Gasteiger partial charge in [0.2, 0.25) is 0 Å². The van der Waals surface area contributed by atoms with E-state index in [0.717, 1.165) is 17.5 Å². The molecule has 1 N–H and O–H groups in total. The zero-order chi connectivity index (χ0) is 14.5. The quantitative estimate of drug-likeness (QED) is 0.841. The Morgan fingerprint density at radius 1 is 1.10 bits per heavy atom. The Labute approximate surface area is 120 Å². The van der Waals surface area contributed by atoms with Crippen LogP contribution in [0.4, 0.5) is 4.39 Å². The number of hydrogen-bond acceptors (Lipinski definition) is 1. The summed E-state index contributed by atoms with van der Waals surface area (Å²) in [6.45, 7) is 6.98. The third kappa shape index (κ3) is 3.67. The number of benzene rings is 2. The van der Waals surface area contributed by atoms with E-state index in [1.807, 2.05) is 13.0 Å². The molecule has 2 heteroatoms. The monoisotopic (exact) mass is 271 g/mol. The molecular weight excluding hydrogens is 249 g/mol. The van der Waals surface area contributed by atoms with Gasteiger partial charge in [0.25, 0.3) is 0 Å². The van der Waals surface area contributed by atoms with Crippen LogP contribution in [0.25, 0.3) is 0 Å². The number of aryl methyl sites for hydroxylation is 2. The molecule has 0 aliphatic carbocycles. The SMILES string of the molecule is CCc1ccc(C(C)NCc2cc(F)ccc2C)cc1. The highest BCUT2D eigenvalue weighted by molar-refractivity contribution is 5.28. The van der Waals surface area contributed by atoms with Gasteiger partial charge in [-0.25, -0.2) is 4.39 Å². The van der Waals surface area contributed by atoms with Gasteiger partial charge in [-0.15, -0.1) is 0 Å². The molecule has 20 heavy (non-hydrogen) atoms. The second kappa shape index (κ2) is 6.67. The van der Waals surface area contributed by atoms with E-state index in [9.17, 15) is 4.39 Å². The minimum atomic E-state index is -0.174. The zero-order valence-corrected chi connectivity index (χ0v) is 12.4. The number of nitrogens with one attached hydrogen (secondary N) is 1. The molecule has 0 bridgehead atoms. The van der Waals surface area contributed by atoms with E-state index in [0.29, 0.717) is 6.54 Å². The summed E-state index contributed by atoms with van der Waals surface area (Å²) >= 11 is 0. The molecule has 0 aliphatic heterocycles. The molecule has 106 valence electrons. The molecule has 0 heterocycles. The average molecular weight is 271 g/mol. The van der Waals surface area contributed by atoms with Crippen LogP contribution in [0.1, 0.15) is 42.1 Å². The van der Waals surface area contributed by atoms with Gasteiger partial charge in [0.1, 0.15) is 5.82 Å². The Hall–Kier alpha value is -1.67. The molecule has 0 spiro atoms. The van der Waals surface area contributed by atoms with Gasteiger partial charge in [-0.2, -0.15) is 0 Å². The molecule has 2 rings (SSSR count). The highest BCUT2D eigenvalue weighted by Gasteiger charge is 2.06. The van der Waals surface area contributed by atoms with Crippen LogP contribution in [0.5, 0.6) is 0 Å². The van der Waals surface area contributed by atoms with Crippen molar-refractivity contribution in [3.8, 4) is 0 Å². The van der Waals surface area contributed by atoms with Gasteiger partial charge in [0.15, 0.2) is 0 Å².